The molecule has 1 heterocycles. The number of carboxylic acid groups (broad SMARTS) is 1. The van der Waals surface area contributed by atoms with Crippen molar-refractivity contribution in [1.29, 1.82) is 0 Å². The summed E-state index contributed by atoms with van der Waals surface area (Å²) in [6, 6.07) is -2.85. The van der Waals surface area contributed by atoms with Crippen molar-refractivity contribution in [1.82, 2.24) is 10.6 Å². The fraction of sp³-hybridized carbons (Fsp3) is 0.789. The highest BCUT2D eigenvalue weighted by atomic mass is 16.6. The number of Topliss-reactive ketones (excluding diaryl/α,β-unsaturated/α-hetero) is 1. The molecule has 1 rings (SSSR count). The van der Waals surface area contributed by atoms with E-state index in [1.165, 1.54) is 0 Å². The van der Waals surface area contributed by atoms with Crippen LogP contribution in [-0.2, 0) is 28.7 Å². The zero-order valence-corrected chi connectivity index (χ0v) is 19.3. The molecule has 4 unspecified atom stereocenters. The lowest BCUT2D eigenvalue weighted by molar-refractivity contribution is -0.280. The van der Waals surface area contributed by atoms with E-state index < -0.39 is 85.7 Å². The lowest BCUT2D eigenvalue weighted by Crippen LogP contribution is -2.60. The zero-order valence-electron chi connectivity index (χ0n) is 19.3. The van der Waals surface area contributed by atoms with Crippen molar-refractivity contribution >= 4 is 23.6 Å². The second kappa shape index (κ2) is 16.0. The summed E-state index contributed by atoms with van der Waals surface area (Å²) >= 11 is 0. The minimum atomic E-state index is -1.80. The van der Waals surface area contributed by atoms with Crippen molar-refractivity contribution in [2.24, 2.45) is 10.8 Å². The van der Waals surface area contributed by atoms with E-state index in [1.54, 1.807) is 0 Å². The van der Waals surface area contributed by atoms with Crippen molar-refractivity contribution in [2.75, 3.05) is 26.3 Å². The fourth-order valence-corrected chi connectivity index (χ4v) is 3.13. The van der Waals surface area contributed by atoms with Crippen LogP contribution >= 0.6 is 0 Å². The maximum atomic E-state index is 12.6. The van der Waals surface area contributed by atoms with E-state index in [0.717, 1.165) is 0 Å². The van der Waals surface area contributed by atoms with Crippen molar-refractivity contribution in [2.45, 2.75) is 68.5 Å². The van der Waals surface area contributed by atoms with Gasteiger partial charge in [-0.2, -0.15) is 0 Å². The van der Waals surface area contributed by atoms with Gasteiger partial charge in [0.15, 0.2) is 12.1 Å². The van der Waals surface area contributed by atoms with Gasteiger partial charge in [0.25, 0.3) is 0 Å². The number of nitrogens with one attached hydrogen (secondary N) is 2. The first-order chi connectivity index (χ1) is 17.0. The molecule has 1 aliphatic heterocycles. The van der Waals surface area contributed by atoms with Crippen LogP contribution in [0.2, 0.25) is 0 Å². The zero-order chi connectivity index (χ0) is 27.3. The summed E-state index contributed by atoms with van der Waals surface area (Å²) in [5.41, 5.74) is 13.5. The second-order valence-corrected chi connectivity index (χ2v) is 7.95. The van der Waals surface area contributed by atoms with Crippen LogP contribution < -0.4 is 16.4 Å². The van der Waals surface area contributed by atoms with Gasteiger partial charge in [0.05, 0.1) is 25.5 Å². The van der Waals surface area contributed by atoms with E-state index in [4.69, 9.17) is 25.8 Å². The topological polar surface area (TPSA) is 287 Å². The van der Waals surface area contributed by atoms with Gasteiger partial charge in [-0.15, -0.1) is 0 Å². The molecule has 0 radical (unpaired) electrons. The Labute approximate surface area is 205 Å². The number of carboxylic acids is 1. The Morgan fingerprint density at radius 2 is 1.75 bits per heavy atom. The third kappa shape index (κ3) is 10.8. The molecule has 0 bridgehead atoms. The molecule has 1 fully saturated rings. The molecule has 1 aliphatic rings. The summed E-state index contributed by atoms with van der Waals surface area (Å²) in [6.45, 7) is -0.0155. The first kappa shape index (κ1) is 31.1. The number of amides is 2. The van der Waals surface area contributed by atoms with Gasteiger partial charge in [-0.3, -0.25) is 19.2 Å². The maximum absolute atomic E-state index is 12.6. The molecule has 204 valence electrons. The predicted octanol–water partition coefficient (Wildman–Crippen LogP) is -3.74. The van der Waals surface area contributed by atoms with E-state index in [9.17, 15) is 39.6 Å². The SMILES string of the molecule is [N-]=[N+]=NCCOCCCC(=O)C(CC(=O)NCC1O[C@@H](O)C(O)[C@@H](O)[C@@H]1O)NC(=O)CC(N)C(=O)O. The predicted molar refractivity (Wildman–Crippen MR) is 118 cm³/mol. The Bertz CT molecular complexity index is 809. The van der Waals surface area contributed by atoms with Gasteiger partial charge in [-0.05, 0) is 12.0 Å². The molecule has 0 saturated carbocycles. The van der Waals surface area contributed by atoms with Crippen molar-refractivity contribution in [3.05, 3.63) is 10.4 Å². The van der Waals surface area contributed by atoms with Crippen LogP contribution in [0.1, 0.15) is 25.7 Å². The number of nitrogens with two attached hydrogens (primary N) is 1. The molecule has 0 spiro atoms. The number of hydrogen-bond donors (Lipinski definition) is 8. The van der Waals surface area contributed by atoms with Crippen LogP contribution in [0.25, 0.3) is 10.4 Å². The number of aliphatic hydroxyl groups excluding tert-OH is 4. The molecule has 7 atom stereocenters. The monoisotopic (exact) mass is 520 g/mol. The first-order valence-electron chi connectivity index (χ1n) is 11.0. The highest BCUT2D eigenvalue weighted by Gasteiger charge is 2.43. The first-order valence-corrected chi connectivity index (χ1v) is 11.0. The summed E-state index contributed by atoms with van der Waals surface area (Å²) in [5.74, 6) is -3.62. The van der Waals surface area contributed by atoms with E-state index in [1.807, 2.05) is 0 Å². The highest BCUT2D eigenvalue weighted by Crippen LogP contribution is 2.19. The molecule has 2 amide bonds. The van der Waals surface area contributed by atoms with Crippen molar-refractivity contribution in [3.8, 4) is 0 Å². The lowest BCUT2D eigenvalue weighted by atomic mass is 9.98. The quantitative estimate of drug-likeness (QED) is 0.0421. The second-order valence-electron chi connectivity index (χ2n) is 7.95. The highest BCUT2D eigenvalue weighted by molar-refractivity contribution is 5.94. The summed E-state index contributed by atoms with van der Waals surface area (Å²) in [6.07, 6.45) is -9.25. The van der Waals surface area contributed by atoms with Crippen LogP contribution in [0.15, 0.2) is 5.11 Å². The number of nitrogens with zero attached hydrogens (tertiary/aromatic N) is 3. The van der Waals surface area contributed by atoms with Crippen LogP contribution in [-0.4, -0.2) is 118 Å². The standard InChI is InChI=1S/C19H32N6O11/c20-9(18(32)33)6-14(28)24-10(11(26)2-1-4-35-5-3-23-25-21)7-13(27)22-8-12-15(29)16(30)17(31)19(34)36-12/h9-10,12,15-17,19,29-31,34H,1-8,20H2,(H,22,27)(H,24,28)(H,32,33)/t9?,10?,12?,15-,16+,17?,19-/m1/s1. The lowest BCUT2D eigenvalue weighted by Gasteiger charge is -2.38. The van der Waals surface area contributed by atoms with Crippen molar-refractivity contribution < 1.29 is 54.2 Å². The number of ketones is 1. The molecule has 0 aromatic rings. The van der Waals surface area contributed by atoms with Gasteiger partial charge < -0.3 is 51.4 Å². The van der Waals surface area contributed by atoms with Gasteiger partial charge in [0.1, 0.15) is 30.5 Å². The number of rotatable bonds is 16. The van der Waals surface area contributed by atoms with Gasteiger partial charge >= 0.3 is 5.97 Å². The molecule has 1 saturated heterocycles. The molecular weight excluding hydrogens is 488 g/mol. The smallest absolute Gasteiger partial charge is 0.321 e. The number of ether oxygens (including phenoxy) is 2. The molecule has 0 aromatic heterocycles. The normalized spacial score (nSPS) is 25.2. The van der Waals surface area contributed by atoms with Gasteiger partial charge in [0, 0.05) is 31.0 Å². The molecule has 9 N–H and O–H groups in total. The molecule has 17 nitrogen and oxygen atoms in total. The molecule has 36 heavy (non-hydrogen) atoms. The third-order valence-corrected chi connectivity index (χ3v) is 5.13. The van der Waals surface area contributed by atoms with E-state index in [-0.39, 0.29) is 32.6 Å². The molecule has 0 aromatic carbocycles. The average molecular weight is 520 g/mol. The number of aliphatic carboxylic acids is 1. The number of carbonyl (C=O) groups is 4. The van der Waals surface area contributed by atoms with Crippen LogP contribution in [0.5, 0.6) is 0 Å². The maximum Gasteiger partial charge on any atom is 0.321 e. The number of hydrogen-bond acceptors (Lipinski definition) is 12. The summed E-state index contributed by atoms with van der Waals surface area (Å²) in [5, 5.41) is 55.5. The van der Waals surface area contributed by atoms with Gasteiger partial charge in [-0.25, -0.2) is 0 Å². The molecule has 17 heteroatoms. The van der Waals surface area contributed by atoms with Gasteiger partial charge in [0.2, 0.25) is 11.8 Å². The summed E-state index contributed by atoms with van der Waals surface area (Å²) in [7, 11) is 0. The third-order valence-electron chi connectivity index (χ3n) is 5.13. The van der Waals surface area contributed by atoms with E-state index in [0.29, 0.717) is 0 Å². The minimum Gasteiger partial charge on any atom is -0.480 e. The van der Waals surface area contributed by atoms with Crippen LogP contribution in [0.3, 0.4) is 0 Å². The summed E-state index contributed by atoms with van der Waals surface area (Å²) < 4.78 is 10.1. The number of carbonyl (C=O) groups excluding carboxylic acids is 3. The number of azide groups is 1. The van der Waals surface area contributed by atoms with Crippen LogP contribution in [0.4, 0.5) is 0 Å². The average Bonchev–Trinajstić information content (AvgIpc) is 2.82. The molecular formula is C19H32N6O11. The Hall–Kier alpha value is -2.89. The minimum absolute atomic E-state index is 0.106. The van der Waals surface area contributed by atoms with E-state index >= 15 is 0 Å². The Morgan fingerprint density at radius 1 is 1.06 bits per heavy atom. The Kier molecular flexibility index (Phi) is 13.8. The number of aliphatic hydroxyl groups is 4. The Morgan fingerprint density at radius 3 is 2.39 bits per heavy atom. The summed E-state index contributed by atoms with van der Waals surface area (Å²) in [4.78, 5) is 50.6. The Balaban J connectivity index is 2.67. The largest absolute Gasteiger partial charge is 0.480 e. The van der Waals surface area contributed by atoms with Crippen molar-refractivity contribution in [3.63, 3.8) is 0 Å². The molecule has 0 aliphatic carbocycles. The fourth-order valence-electron chi connectivity index (χ4n) is 3.13. The van der Waals surface area contributed by atoms with E-state index in [2.05, 4.69) is 20.7 Å². The van der Waals surface area contributed by atoms with Gasteiger partial charge in [-0.1, -0.05) is 5.11 Å². The van der Waals surface area contributed by atoms with Crippen LogP contribution in [0, 0.1) is 0 Å².